The zero-order valence-corrected chi connectivity index (χ0v) is 19.8. The molecular formula is C24H25ClFN3O3S. The van der Waals surface area contributed by atoms with Crippen LogP contribution < -0.4 is 10.0 Å². The highest BCUT2D eigenvalue weighted by Crippen LogP contribution is 2.26. The van der Waals surface area contributed by atoms with Gasteiger partial charge in [0.05, 0.1) is 15.6 Å². The predicted molar refractivity (Wildman–Crippen MR) is 129 cm³/mol. The average Bonchev–Trinajstić information content (AvgIpc) is 2.78. The van der Waals surface area contributed by atoms with Crippen molar-refractivity contribution in [2.75, 3.05) is 25.4 Å². The highest BCUT2D eigenvalue weighted by atomic mass is 35.5. The molecule has 0 aliphatic heterocycles. The number of carbonyl (C=O) groups is 1. The normalized spacial score (nSPS) is 12.4. The van der Waals surface area contributed by atoms with Crippen molar-refractivity contribution >= 4 is 33.2 Å². The molecule has 1 atom stereocenters. The van der Waals surface area contributed by atoms with Gasteiger partial charge in [0, 0.05) is 18.2 Å². The first-order valence-corrected chi connectivity index (χ1v) is 12.1. The van der Waals surface area contributed by atoms with Crippen LogP contribution in [0.15, 0.2) is 77.7 Å². The van der Waals surface area contributed by atoms with Gasteiger partial charge in [0.1, 0.15) is 5.82 Å². The number of nitrogens with zero attached hydrogens (tertiary/aromatic N) is 1. The van der Waals surface area contributed by atoms with Crippen LogP contribution in [0.3, 0.4) is 0 Å². The van der Waals surface area contributed by atoms with E-state index in [0.29, 0.717) is 6.54 Å². The van der Waals surface area contributed by atoms with Gasteiger partial charge in [0.25, 0.3) is 15.9 Å². The number of rotatable bonds is 9. The standard InChI is InChI=1S/C24H25ClFN3O3S/c1-29(2)20(14-17-6-4-3-5-7-17)16-27-24(30)18-8-13-22(25)23(15-18)28-33(31,32)21-11-9-19(26)10-12-21/h3-13,15,20,28H,14,16H2,1-2H3,(H,27,30). The van der Waals surface area contributed by atoms with E-state index in [9.17, 15) is 17.6 Å². The summed E-state index contributed by atoms with van der Waals surface area (Å²) < 4.78 is 40.7. The van der Waals surface area contributed by atoms with Crippen molar-refractivity contribution in [3.05, 3.63) is 94.8 Å². The Morgan fingerprint density at radius 3 is 2.33 bits per heavy atom. The molecule has 9 heteroatoms. The first-order valence-electron chi connectivity index (χ1n) is 10.2. The van der Waals surface area contributed by atoms with Crippen LogP contribution in [-0.4, -0.2) is 45.9 Å². The van der Waals surface area contributed by atoms with Crippen LogP contribution in [0.5, 0.6) is 0 Å². The minimum absolute atomic E-state index is 0.0575. The third-order valence-electron chi connectivity index (χ3n) is 5.14. The lowest BCUT2D eigenvalue weighted by Gasteiger charge is -2.25. The van der Waals surface area contributed by atoms with Crippen molar-refractivity contribution in [3.63, 3.8) is 0 Å². The van der Waals surface area contributed by atoms with E-state index < -0.39 is 15.8 Å². The van der Waals surface area contributed by atoms with Crippen LogP contribution in [0.25, 0.3) is 0 Å². The summed E-state index contributed by atoms with van der Waals surface area (Å²) in [5.74, 6) is -0.900. The lowest BCUT2D eigenvalue weighted by Crippen LogP contribution is -2.41. The molecule has 1 unspecified atom stereocenters. The van der Waals surface area contributed by atoms with Gasteiger partial charge in [-0.25, -0.2) is 12.8 Å². The van der Waals surface area contributed by atoms with Crippen molar-refractivity contribution in [2.24, 2.45) is 0 Å². The third-order valence-corrected chi connectivity index (χ3v) is 6.85. The Morgan fingerprint density at radius 1 is 1.03 bits per heavy atom. The molecule has 6 nitrogen and oxygen atoms in total. The second kappa shape index (κ2) is 10.8. The fraction of sp³-hybridized carbons (Fsp3) is 0.208. The molecule has 0 aromatic heterocycles. The second-order valence-electron chi connectivity index (χ2n) is 7.77. The molecule has 0 saturated heterocycles. The van der Waals surface area contributed by atoms with Gasteiger partial charge < -0.3 is 10.2 Å². The van der Waals surface area contributed by atoms with Crippen LogP contribution in [0.4, 0.5) is 10.1 Å². The summed E-state index contributed by atoms with van der Waals surface area (Å²) in [6.07, 6.45) is 0.761. The molecule has 3 aromatic carbocycles. The molecule has 2 N–H and O–H groups in total. The molecule has 0 bridgehead atoms. The lowest BCUT2D eigenvalue weighted by atomic mass is 10.0. The Bertz CT molecular complexity index is 1200. The Morgan fingerprint density at radius 2 is 1.70 bits per heavy atom. The largest absolute Gasteiger partial charge is 0.350 e. The molecule has 0 aliphatic rings. The quantitative estimate of drug-likeness (QED) is 0.472. The molecule has 3 aromatic rings. The van der Waals surface area contributed by atoms with E-state index in [-0.39, 0.29) is 33.1 Å². The number of hydrogen-bond donors (Lipinski definition) is 2. The van der Waals surface area contributed by atoms with Gasteiger partial charge in [0.2, 0.25) is 0 Å². The van der Waals surface area contributed by atoms with Gasteiger partial charge in [-0.05, 0) is 68.5 Å². The van der Waals surface area contributed by atoms with Gasteiger partial charge in [-0.2, -0.15) is 0 Å². The van der Waals surface area contributed by atoms with Crippen LogP contribution in [-0.2, 0) is 16.4 Å². The molecule has 0 saturated carbocycles. The smallest absolute Gasteiger partial charge is 0.261 e. The Hall–Kier alpha value is -2.94. The molecule has 174 valence electrons. The van der Waals surface area contributed by atoms with E-state index in [4.69, 9.17) is 11.6 Å². The van der Waals surface area contributed by atoms with Crippen molar-refractivity contribution in [2.45, 2.75) is 17.4 Å². The molecule has 0 aliphatic carbocycles. The van der Waals surface area contributed by atoms with Gasteiger partial charge in [0.15, 0.2) is 0 Å². The van der Waals surface area contributed by atoms with Crippen molar-refractivity contribution in [1.82, 2.24) is 10.2 Å². The number of halogens is 2. The van der Waals surface area contributed by atoms with Crippen molar-refractivity contribution < 1.29 is 17.6 Å². The van der Waals surface area contributed by atoms with E-state index in [1.165, 1.54) is 18.2 Å². The molecule has 3 rings (SSSR count). The monoisotopic (exact) mass is 489 g/mol. The zero-order valence-electron chi connectivity index (χ0n) is 18.3. The second-order valence-corrected chi connectivity index (χ2v) is 9.86. The summed E-state index contributed by atoms with van der Waals surface area (Å²) in [5, 5.41) is 3.04. The number of likely N-dealkylation sites (N-methyl/N-ethyl adjacent to an activating group) is 1. The van der Waals surface area contributed by atoms with Gasteiger partial charge in [-0.3, -0.25) is 9.52 Å². The SMILES string of the molecule is CN(C)C(CNC(=O)c1ccc(Cl)c(NS(=O)(=O)c2ccc(F)cc2)c1)Cc1ccccc1. The first-order chi connectivity index (χ1) is 15.7. The summed E-state index contributed by atoms with van der Waals surface area (Å²) >= 11 is 6.15. The summed E-state index contributed by atoms with van der Waals surface area (Å²) in [5.41, 5.74) is 1.48. The van der Waals surface area contributed by atoms with E-state index in [0.717, 1.165) is 36.2 Å². The number of amides is 1. The molecule has 0 fully saturated rings. The van der Waals surface area contributed by atoms with Crippen molar-refractivity contribution in [3.8, 4) is 0 Å². The topological polar surface area (TPSA) is 78.5 Å². The Kier molecular flexibility index (Phi) is 8.07. The van der Waals surface area contributed by atoms with E-state index in [2.05, 4.69) is 10.0 Å². The summed E-state index contributed by atoms with van der Waals surface area (Å²) in [7, 11) is -0.108. The summed E-state index contributed by atoms with van der Waals surface area (Å²) in [4.78, 5) is 14.7. The van der Waals surface area contributed by atoms with Crippen LogP contribution >= 0.6 is 11.6 Å². The number of benzene rings is 3. The predicted octanol–water partition coefficient (Wildman–Crippen LogP) is 4.18. The fourth-order valence-corrected chi connectivity index (χ4v) is 4.49. The number of nitrogens with one attached hydrogen (secondary N) is 2. The minimum Gasteiger partial charge on any atom is -0.350 e. The van der Waals surface area contributed by atoms with Crippen LogP contribution in [0.2, 0.25) is 5.02 Å². The minimum atomic E-state index is -4.01. The number of sulfonamides is 1. The molecule has 0 heterocycles. The highest BCUT2D eigenvalue weighted by molar-refractivity contribution is 7.92. The molecule has 0 radical (unpaired) electrons. The van der Waals surface area contributed by atoms with Crippen LogP contribution in [0, 0.1) is 5.82 Å². The molecular weight excluding hydrogens is 465 g/mol. The fourth-order valence-electron chi connectivity index (χ4n) is 3.20. The lowest BCUT2D eigenvalue weighted by molar-refractivity contribution is 0.0941. The van der Waals surface area contributed by atoms with E-state index in [1.54, 1.807) is 0 Å². The van der Waals surface area contributed by atoms with Gasteiger partial charge >= 0.3 is 0 Å². The number of carbonyl (C=O) groups excluding carboxylic acids is 1. The van der Waals surface area contributed by atoms with E-state index >= 15 is 0 Å². The average molecular weight is 490 g/mol. The molecule has 0 spiro atoms. The number of anilines is 1. The molecule has 1 amide bonds. The number of hydrogen-bond acceptors (Lipinski definition) is 4. The third kappa shape index (κ3) is 6.77. The van der Waals surface area contributed by atoms with E-state index in [1.807, 2.05) is 49.3 Å². The first kappa shape index (κ1) is 24.7. The summed E-state index contributed by atoms with van der Waals surface area (Å²) in [6, 6.07) is 18.8. The Labute approximate surface area is 198 Å². The maximum atomic E-state index is 13.1. The van der Waals surface area contributed by atoms with Crippen LogP contribution in [0.1, 0.15) is 15.9 Å². The Balaban J connectivity index is 1.71. The maximum absolute atomic E-state index is 13.1. The maximum Gasteiger partial charge on any atom is 0.261 e. The van der Waals surface area contributed by atoms with Gasteiger partial charge in [-0.15, -0.1) is 0 Å². The summed E-state index contributed by atoms with van der Waals surface area (Å²) in [6.45, 7) is 0.403. The zero-order chi connectivity index (χ0) is 24.0. The van der Waals surface area contributed by atoms with Crippen molar-refractivity contribution in [1.29, 1.82) is 0 Å². The van der Waals surface area contributed by atoms with Gasteiger partial charge in [-0.1, -0.05) is 41.9 Å². The highest BCUT2D eigenvalue weighted by Gasteiger charge is 2.19. The molecule has 33 heavy (non-hydrogen) atoms.